The van der Waals surface area contributed by atoms with Crippen LogP contribution in [0.1, 0.15) is 36.9 Å². The van der Waals surface area contributed by atoms with Crippen molar-refractivity contribution in [1.82, 2.24) is 5.32 Å². The van der Waals surface area contributed by atoms with Crippen LogP contribution < -0.4 is 5.32 Å². The summed E-state index contributed by atoms with van der Waals surface area (Å²) in [6, 6.07) is 4.66. The second-order valence-corrected chi connectivity index (χ2v) is 5.94. The third-order valence-corrected chi connectivity index (χ3v) is 2.91. The van der Waals surface area contributed by atoms with Crippen molar-refractivity contribution in [3.05, 3.63) is 29.5 Å². The molecule has 1 aromatic carbocycles. The van der Waals surface area contributed by atoms with Gasteiger partial charge in [-0.05, 0) is 39.0 Å². The van der Waals surface area contributed by atoms with Crippen molar-refractivity contribution in [3.63, 3.8) is 0 Å². The number of amides is 1. The molecule has 1 aromatic heterocycles. The van der Waals surface area contributed by atoms with Crippen molar-refractivity contribution in [2.24, 2.45) is 0 Å². The van der Waals surface area contributed by atoms with Crippen molar-refractivity contribution in [1.29, 1.82) is 0 Å². The first-order valence-electron chi connectivity index (χ1n) is 7.01. The average molecular weight is 321 g/mol. The molecular weight excluding hydrogens is 302 g/mol. The minimum absolute atomic E-state index is 0.0477. The molecule has 0 spiro atoms. The minimum Gasteiger partial charge on any atom is -0.507 e. The summed E-state index contributed by atoms with van der Waals surface area (Å²) in [6.45, 7) is 5.38. The number of benzene rings is 1. The van der Waals surface area contributed by atoms with E-state index in [4.69, 9.17) is 9.15 Å². The van der Waals surface area contributed by atoms with Crippen LogP contribution >= 0.6 is 0 Å². The molecule has 0 radical (unpaired) electrons. The molecule has 7 heteroatoms. The number of aromatic hydroxyl groups is 1. The van der Waals surface area contributed by atoms with Crippen LogP contribution in [0.25, 0.3) is 11.0 Å². The lowest BCUT2D eigenvalue weighted by molar-refractivity contribution is 0.0518. The van der Waals surface area contributed by atoms with Crippen LogP contribution in [0.2, 0.25) is 0 Å². The molecule has 7 nitrogen and oxygen atoms in total. The zero-order chi connectivity index (χ0) is 17.2. The van der Waals surface area contributed by atoms with Crippen molar-refractivity contribution >= 4 is 23.0 Å². The van der Waals surface area contributed by atoms with Crippen LogP contribution in [0.3, 0.4) is 0 Å². The third-order valence-electron chi connectivity index (χ3n) is 2.91. The van der Waals surface area contributed by atoms with Gasteiger partial charge in [0.15, 0.2) is 5.58 Å². The average Bonchev–Trinajstić information content (AvgIpc) is 2.85. The van der Waals surface area contributed by atoms with E-state index in [0.29, 0.717) is 11.1 Å². The Labute approximate surface area is 133 Å². The summed E-state index contributed by atoms with van der Waals surface area (Å²) in [6.07, 6.45) is -0.575. The van der Waals surface area contributed by atoms with E-state index < -0.39 is 17.7 Å². The van der Waals surface area contributed by atoms with Gasteiger partial charge in [-0.3, -0.25) is 0 Å². The van der Waals surface area contributed by atoms with Gasteiger partial charge in [-0.1, -0.05) is 0 Å². The first-order chi connectivity index (χ1) is 10.7. The summed E-state index contributed by atoms with van der Waals surface area (Å²) in [5.41, 5.74) is -0.437. The monoisotopic (exact) mass is 321 g/mol. The number of ether oxygens (including phenoxy) is 2. The highest BCUT2D eigenvalue weighted by Crippen LogP contribution is 2.30. The number of phenols is 1. The number of fused-ring (bicyclic) bond motifs is 1. The summed E-state index contributed by atoms with van der Waals surface area (Å²) in [7, 11) is 1.22. The molecule has 0 bridgehead atoms. The number of esters is 1. The lowest BCUT2D eigenvalue weighted by atomic mass is 10.1. The number of phenolic OH excluding ortho intramolecular Hbond substituents is 1. The molecule has 0 saturated carbocycles. The minimum atomic E-state index is -0.700. The molecule has 0 aliphatic carbocycles. The highest BCUT2D eigenvalue weighted by Gasteiger charge is 2.20. The Morgan fingerprint density at radius 2 is 2.00 bits per heavy atom. The van der Waals surface area contributed by atoms with Crippen LogP contribution in [-0.2, 0) is 16.0 Å². The van der Waals surface area contributed by atoms with Gasteiger partial charge in [0.1, 0.15) is 22.7 Å². The van der Waals surface area contributed by atoms with E-state index in [1.165, 1.54) is 13.2 Å². The Morgan fingerprint density at radius 3 is 2.61 bits per heavy atom. The fourth-order valence-electron chi connectivity index (χ4n) is 2.01. The van der Waals surface area contributed by atoms with Gasteiger partial charge in [-0.2, -0.15) is 0 Å². The van der Waals surface area contributed by atoms with E-state index in [0.717, 1.165) is 0 Å². The predicted octanol–water partition coefficient (Wildman–Crippen LogP) is 2.95. The quantitative estimate of drug-likeness (QED) is 0.843. The molecule has 0 aliphatic rings. The predicted molar refractivity (Wildman–Crippen MR) is 82.3 cm³/mol. The van der Waals surface area contributed by atoms with Gasteiger partial charge in [-0.25, -0.2) is 9.59 Å². The molecule has 2 aromatic rings. The molecule has 2 rings (SSSR count). The zero-order valence-electron chi connectivity index (χ0n) is 13.4. The van der Waals surface area contributed by atoms with Crippen LogP contribution in [0.5, 0.6) is 5.75 Å². The van der Waals surface area contributed by atoms with Crippen LogP contribution in [-0.4, -0.2) is 29.9 Å². The Bertz CT molecular complexity index is 741. The fraction of sp³-hybridized carbons (Fsp3) is 0.375. The van der Waals surface area contributed by atoms with Crippen molar-refractivity contribution in [3.8, 4) is 5.75 Å². The van der Waals surface area contributed by atoms with Crippen LogP contribution in [0.4, 0.5) is 4.79 Å². The van der Waals surface area contributed by atoms with Gasteiger partial charge in [-0.15, -0.1) is 0 Å². The molecule has 23 heavy (non-hydrogen) atoms. The van der Waals surface area contributed by atoms with Crippen molar-refractivity contribution in [2.45, 2.75) is 32.9 Å². The van der Waals surface area contributed by atoms with Gasteiger partial charge in [0.2, 0.25) is 0 Å². The summed E-state index contributed by atoms with van der Waals surface area (Å²) >= 11 is 0. The Hall–Kier alpha value is -2.70. The van der Waals surface area contributed by atoms with Gasteiger partial charge >= 0.3 is 12.1 Å². The Kier molecular flexibility index (Phi) is 4.49. The van der Waals surface area contributed by atoms with Gasteiger partial charge in [0.05, 0.1) is 13.7 Å². The first kappa shape index (κ1) is 16.7. The number of furan rings is 1. The van der Waals surface area contributed by atoms with Crippen molar-refractivity contribution < 1.29 is 28.6 Å². The van der Waals surface area contributed by atoms with Gasteiger partial charge in [0.25, 0.3) is 0 Å². The van der Waals surface area contributed by atoms with E-state index >= 15 is 0 Å². The largest absolute Gasteiger partial charge is 0.507 e. The molecular formula is C16H19NO6. The number of nitrogens with one attached hydrogen (secondary N) is 1. The first-order valence-corrected chi connectivity index (χ1v) is 7.01. The highest BCUT2D eigenvalue weighted by molar-refractivity contribution is 6.04. The second-order valence-electron chi connectivity index (χ2n) is 5.94. The fourth-order valence-corrected chi connectivity index (χ4v) is 2.01. The maximum Gasteiger partial charge on any atom is 0.408 e. The number of carbonyl (C=O) groups excluding carboxylic acids is 2. The van der Waals surface area contributed by atoms with Gasteiger partial charge in [0, 0.05) is 5.39 Å². The SMILES string of the molecule is COC(=O)c1c(O)ccc2cc(CNC(=O)OC(C)(C)C)oc12. The molecule has 2 N–H and O–H groups in total. The number of methoxy groups -OCH3 is 1. The summed E-state index contributed by atoms with van der Waals surface area (Å²) in [5.74, 6) is -0.513. The lowest BCUT2D eigenvalue weighted by Crippen LogP contribution is -2.32. The van der Waals surface area contributed by atoms with E-state index in [9.17, 15) is 14.7 Å². The maximum absolute atomic E-state index is 11.7. The lowest BCUT2D eigenvalue weighted by Gasteiger charge is -2.19. The maximum atomic E-state index is 11.7. The number of hydrogen-bond donors (Lipinski definition) is 2. The molecule has 0 saturated heterocycles. The van der Waals surface area contributed by atoms with E-state index in [1.54, 1.807) is 32.9 Å². The number of alkyl carbamates (subject to hydrolysis) is 1. The highest BCUT2D eigenvalue weighted by atomic mass is 16.6. The van der Waals surface area contributed by atoms with E-state index in [2.05, 4.69) is 10.1 Å². The number of carbonyl (C=O) groups is 2. The van der Waals surface area contributed by atoms with Gasteiger partial charge < -0.3 is 24.3 Å². The molecule has 0 atom stereocenters. The summed E-state index contributed by atoms with van der Waals surface area (Å²) in [4.78, 5) is 23.4. The third kappa shape index (κ3) is 3.94. The standard InChI is InChI=1S/C16H19NO6/c1-16(2,3)23-15(20)17-8-10-7-9-5-6-11(18)12(13(9)22-10)14(19)21-4/h5-7,18H,8H2,1-4H3,(H,17,20). The van der Waals surface area contributed by atoms with Crippen molar-refractivity contribution in [2.75, 3.05) is 7.11 Å². The summed E-state index contributed by atoms with van der Waals surface area (Å²) < 4.78 is 15.3. The second kappa shape index (κ2) is 6.20. The molecule has 1 heterocycles. The Balaban J connectivity index is 2.21. The van der Waals surface area contributed by atoms with Crippen LogP contribution in [0.15, 0.2) is 22.6 Å². The Morgan fingerprint density at radius 1 is 1.30 bits per heavy atom. The molecule has 0 fully saturated rings. The summed E-state index contributed by atoms with van der Waals surface area (Å²) in [5, 5.41) is 13.0. The zero-order valence-corrected chi connectivity index (χ0v) is 13.4. The van der Waals surface area contributed by atoms with E-state index in [-0.39, 0.29) is 23.4 Å². The van der Waals surface area contributed by atoms with E-state index in [1.807, 2.05) is 0 Å². The number of rotatable bonds is 3. The van der Waals surface area contributed by atoms with Crippen LogP contribution in [0, 0.1) is 0 Å². The topological polar surface area (TPSA) is 98.0 Å². The molecule has 0 aliphatic heterocycles. The normalized spacial score (nSPS) is 11.3. The molecule has 124 valence electrons. The number of hydrogen-bond acceptors (Lipinski definition) is 6. The molecule has 1 amide bonds. The molecule has 0 unspecified atom stereocenters. The smallest absolute Gasteiger partial charge is 0.408 e.